The topological polar surface area (TPSA) is 149 Å². The van der Waals surface area contributed by atoms with Gasteiger partial charge in [0.15, 0.2) is 0 Å². The van der Waals surface area contributed by atoms with Crippen LogP contribution in [0.3, 0.4) is 0 Å². The maximum absolute atomic E-state index is 13.0. The van der Waals surface area contributed by atoms with Gasteiger partial charge in [-0.25, -0.2) is 19.9 Å². The van der Waals surface area contributed by atoms with Gasteiger partial charge in [0.25, 0.3) is 11.8 Å². The van der Waals surface area contributed by atoms with Gasteiger partial charge in [0.1, 0.15) is 11.5 Å². The lowest BCUT2D eigenvalue weighted by molar-refractivity contribution is -0.145. The van der Waals surface area contributed by atoms with Crippen LogP contribution in [0.2, 0.25) is 0 Å². The van der Waals surface area contributed by atoms with Gasteiger partial charge in [0.2, 0.25) is 11.6 Å². The Morgan fingerprint density at radius 1 is 0.643 bits per heavy atom. The number of phenolic OH excluding ortho intramolecular Hbond substituents is 1. The van der Waals surface area contributed by atoms with Crippen LogP contribution in [-0.4, -0.2) is 141 Å². The van der Waals surface area contributed by atoms with E-state index in [2.05, 4.69) is 61.0 Å². The number of benzene rings is 2. The third-order valence-corrected chi connectivity index (χ3v) is 14.3. The van der Waals surface area contributed by atoms with Gasteiger partial charge in [-0.2, -0.15) is 26.3 Å². The lowest BCUT2D eigenvalue weighted by Gasteiger charge is -2.48. The molecule has 20 heteroatoms. The van der Waals surface area contributed by atoms with Crippen LogP contribution in [-0.2, 0) is 17.1 Å². The summed E-state index contributed by atoms with van der Waals surface area (Å²) in [4.78, 5) is 47.5. The van der Waals surface area contributed by atoms with Crippen molar-refractivity contribution >= 4 is 11.8 Å². The SMILES string of the molecule is COCCNCCCOc1ccc([C@H]2CCC[C@H]3CN(C(=O)c4cnc(C(F)(F)F)nc4)CCN32)c(C)c1C.Cc1c(O)ccc([C@H]2CCC[C@H]3CN(C(=O)c4cnc(C(F)(F)F)nc4)CCN32)c1C. The van der Waals surface area contributed by atoms with Gasteiger partial charge in [-0.1, -0.05) is 12.1 Å². The monoisotopic (exact) mass is 983 g/mol. The fourth-order valence-corrected chi connectivity index (χ4v) is 10.3. The van der Waals surface area contributed by atoms with Gasteiger partial charge in [0, 0.05) is 102 Å². The first-order valence-corrected chi connectivity index (χ1v) is 24.0. The van der Waals surface area contributed by atoms with Gasteiger partial charge < -0.3 is 29.7 Å². The molecule has 0 aliphatic carbocycles. The van der Waals surface area contributed by atoms with E-state index in [1.165, 1.54) is 16.7 Å². The number of hydrogen-bond donors (Lipinski definition) is 2. The fourth-order valence-electron chi connectivity index (χ4n) is 10.3. The number of piperazine rings is 2. The Morgan fingerprint density at radius 3 is 1.59 bits per heavy atom. The summed E-state index contributed by atoms with van der Waals surface area (Å²) in [6.45, 7) is 14.7. The summed E-state index contributed by atoms with van der Waals surface area (Å²) in [5.41, 5.74) is 7.00. The number of ether oxygens (including phenoxy) is 2. The molecule has 4 aromatic rings. The lowest BCUT2D eigenvalue weighted by Crippen LogP contribution is -2.57. The zero-order chi connectivity index (χ0) is 50.3. The molecule has 380 valence electrons. The Bertz CT molecular complexity index is 2420. The van der Waals surface area contributed by atoms with Crippen LogP contribution >= 0.6 is 0 Å². The van der Waals surface area contributed by atoms with Gasteiger partial charge in [0.05, 0.1) is 24.3 Å². The number of phenols is 1. The number of nitrogens with one attached hydrogen (secondary N) is 1. The second-order valence-electron chi connectivity index (χ2n) is 18.5. The number of aromatic nitrogens is 4. The van der Waals surface area contributed by atoms with Crippen molar-refractivity contribution in [3.05, 3.63) is 105 Å². The molecule has 70 heavy (non-hydrogen) atoms. The third kappa shape index (κ3) is 12.2. The number of alkyl halides is 6. The van der Waals surface area contributed by atoms with Crippen molar-refractivity contribution in [1.82, 2.24) is 44.9 Å². The van der Waals surface area contributed by atoms with E-state index in [1.807, 2.05) is 19.9 Å². The lowest BCUT2D eigenvalue weighted by atomic mass is 9.86. The van der Waals surface area contributed by atoms with Crippen LogP contribution in [0.4, 0.5) is 26.3 Å². The van der Waals surface area contributed by atoms with Crippen molar-refractivity contribution in [2.45, 2.75) is 109 Å². The number of amides is 2. The first kappa shape index (κ1) is 52.4. The van der Waals surface area contributed by atoms with Crippen LogP contribution < -0.4 is 10.1 Å². The van der Waals surface area contributed by atoms with Crippen molar-refractivity contribution in [2.24, 2.45) is 0 Å². The number of carbonyl (C=O) groups is 2. The molecule has 2 aromatic carbocycles. The van der Waals surface area contributed by atoms with Gasteiger partial charge in [-0.3, -0.25) is 19.4 Å². The molecule has 8 rings (SSSR count). The summed E-state index contributed by atoms with van der Waals surface area (Å²) in [6.07, 6.45) is 1.57. The summed E-state index contributed by atoms with van der Waals surface area (Å²) in [7, 11) is 1.69. The standard InChI is InChI=1S/C28H38F3N5O3.C22H25F3N4O2/c1-19-20(2)25(39-14-5-10-32-11-15-38-3)9-8-23(19)24-7-4-6-22-18-35(12-13-36(22)24)26(37)21-16-33-27(34-17-21)28(29,30)31;1-13-14(2)19(30)7-6-17(13)18-5-3-4-16-12-28(8-9-29(16)18)20(31)15-10-26-21(27-11-15)22(23,24)25/h8-9,16-17,22,24,32H,4-7,10-15,18H2,1-3H3;6-7,10-11,16,18,30H,3-5,8-9,12H2,1-2H3/t22-,24+;16-,18+/m00/s1. The number of nitrogens with zero attached hydrogens (tertiary/aromatic N) is 8. The first-order chi connectivity index (χ1) is 33.4. The fraction of sp³-hybridized carbons (Fsp3) is 0.560. The minimum atomic E-state index is -4.63. The average Bonchev–Trinajstić information content (AvgIpc) is 3.35. The van der Waals surface area contributed by atoms with Crippen LogP contribution in [0, 0.1) is 27.7 Å². The van der Waals surface area contributed by atoms with Crippen molar-refractivity contribution < 1.29 is 50.5 Å². The molecule has 4 aliphatic rings. The molecule has 2 N–H and O–H groups in total. The van der Waals surface area contributed by atoms with E-state index in [-0.39, 0.29) is 47.1 Å². The molecule has 4 saturated heterocycles. The minimum Gasteiger partial charge on any atom is -0.508 e. The van der Waals surface area contributed by atoms with Gasteiger partial charge >= 0.3 is 12.4 Å². The Balaban J connectivity index is 0.000000212. The Labute approximate surface area is 404 Å². The normalized spacial score (nSPS) is 21.1. The molecular formula is C50H63F6N9O5. The highest BCUT2D eigenvalue weighted by Crippen LogP contribution is 2.41. The number of hydrogen-bond acceptors (Lipinski definition) is 12. The predicted octanol–water partition coefficient (Wildman–Crippen LogP) is 8.04. The molecule has 2 aromatic heterocycles. The zero-order valence-corrected chi connectivity index (χ0v) is 40.4. The molecule has 0 unspecified atom stereocenters. The highest BCUT2D eigenvalue weighted by molar-refractivity contribution is 5.94. The maximum atomic E-state index is 13.0. The molecule has 4 aliphatic heterocycles. The molecule has 4 fully saturated rings. The summed E-state index contributed by atoms with van der Waals surface area (Å²) in [6, 6.07) is 8.84. The number of rotatable bonds is 12. The number of piperidine rings is 2. The molecular weight excluding hydrogens is 921 g/mol. The Kier molecular flexibility index (Phi) is 17.0. The predicted molar refractivity (Wildman–Crippen MR) is 248 cm³/mol. The Hall–Kier alpha value is -5.44. The smallest absolute Gasteiger partial charge is 0.451 e. The first-order valence-electron chi connectivity index (χ1n) is 24.0. The summed E-state index contributed by atoms with van der Waals surface area (Å²) < 4.78 is 87.5. The van der Waals surface area contributed by atoms with E-state index < -0.39 is 24.0 Å². The van der Waals surface area contributed by atoms with E-state index in [0.29, 0.717) is 58.2 Å². The summed E-state index contributed by atoms with van der Waals surface area (Å²) in [5, 5.41) is 13.3. The number of aromatic hydroxyl groups is 1. The van der Waals surface area contributed by atoms with Crippen molar-refractivity contribution in [2.75, 3.05) is 72.7 Å². The number of methoxy groups -OCH3 is 1. The largest absolute Gasteiger partial charge is 0.508 e. The molecule has 0 spiro atoms. The number of carbonyl (C=O) groups excluding carboxylic acids is 2. The number of halogens is 6. The van der Waals surface area contributed by atoms with E-state index in [4.69, 9.17) is 9.47 Å². The molecule has 2 amide bonds. The molecule has 4 atom stereocenters. The van der Waals surface area contributed by atoms with Crippen LogP contribution in [0.1, 0.15) is 123 Å². The highest BCUT2D eigenvalue weighted by Gasteiger charge is 2.41. The Morgan fingerprint density at radius 2 is 1.11 bits per heavy atom. The second kappa shape index (κ2) is 22.8. The minimum absolute atomic E-state index is 0.0683. The van der Waals surface area contributed by atoms with Crippen LogP contribution in [0.15, 0.2) is 49.1 Å². The number of fused-ring (bicyclic) bond motifs is 2. The van der Waals surface area contributed by atoms with E-state index in [0.717, 1.165) is 105 Å². The van der Waals surface area contributed by atoms with Gasteiger partial charge in [-0.05, 0) is 125 Å². The average molecular weight is 984 g/mol. The summed E-state index contributed by atoms with van der Waals surface area (Å²) in [5.74, 6) is -1.95. The van der Waals surface area contributed by atoms with E-state index in [1.54, 1.807) is 23.0 Å². The van der Waals surface area contributed by atoms with Crippen LogP contribution in [0.5, 0.6) is 11.5 Å². The molecule has 0 bridgehead atoms. The quantitative estimate of drug-likeness (QED) is 0.105. The van der Waals surface area contributed by atoms with E-state index >= 15 is 0 Å². The van der Waals surface area contributed by atoms with Crippen molar-refractivity contribution in [1.29, 1.82) is 0 Å². The molecule has 0 radical (unpaired) electrons. The maximum Gasteiger partial charge on any atom is 0.451 e. The van der Waals surface area contributed by atoms with Gasteiger partial charge in [-0.15, -0.1) is 0 Å². The van der Waals surface area contributed by atoms with E-state index in [9.17, 15) is 41.0 Å². The molecule has 14 nitrogen and oxygen atoms in total. The van der Waals surface area contributed by atoms with Crippen molar-refractivity contribution in [3.63, 3.8) is 0 Å². The third-order valence-electron chi connectivity index (χ3n) is 14.3. The van der Waals surface area contributed by atoms with Crippen molar-refractivity contribution in [3.8, 4) is 11.5 Å². The molecule has 6 heterocycles. The molecule has 0 saturated carbocycles. The highest BCUT2D eigenvalue weighted by atomic mass is 19.4. The van der Waals surface area contributed by atoms with Crippen LogP contribution in [0.25, 0.3) is 0 Å². The summed E-state index contributed by atoms with van der Waals surface area (Å²) >= 11 is 0. The zero-order valence-electron chi connectivity index (χ0n) is 40.4. The second-order valence-corrected chi connectivity index (χ2v) is 18.5.